The van der Waals surface area contributed by atoms with Crippen molar-refractivity contribution in [2.45, 2.75) is 0 Å². The van der Waals surface area contributed by atoms with Gasteiger partial charge in [0.25, 0.3) is 0 Å². The molecule has 2 nitrogen and oxygen atoms in total. The van der Waals surface area contributed by atoms with E-state index in [0.29, 0.717) is 0 Å². The first-order chi connectivity index (χ1) is 22.8. The molecule has 9 aromatic rings. The fourth-order valence-electron chi connectivity index (χ4n) is 6.80. The van der Waals surface area contributed by atoms with Crippen molar-refractivity contribution in [1.29, 1.82) is 0 Å². The van der Waals surface area contributed by atoms with Crippen LogP contribution in [-0.4, -0.2) is 0 Å². The third-order valence-corrected chi connectivity index (χ3v) is 9.04. The summed E-state index contributed by atoms with van der Waals surface area (Å²) >= 11 is 0. The lowest BCUT2D eigenvalue weighted by Crippen LogP contribution is -2.09. The van der Waals surface area contributed by atoms with E-state index in [4.69, 9.17) is 4.42 Å². The summed E-state index contributed by atoms with van der Waals surface area (Å²) < 4.78 is 6.35. The normalized spacial score (nSPS) is 11.5. The maximum Gasteiger partial charge on any atom is 0.143 e. The lowest BCUT2D eigenvalue weighted by atomic mass is 9.97. The van der Waals surface area contributed by atoms with E-state index in [1.807, 2.05) is 12.1 Å². The SMILES string of the molecule is c1ccc(N(c2ccc(-c3cccc4c3oc3ccccc34)cc2)c2cccc(-c3ccc4ccc5ccccc5c4c3)c2)cc1. The Morgan fingerprint density at radius 2 is 0.957 bits per heavy atom. The first-order valence-electron chi connectivity index (χ1n) is 15.7. The van der Waals surface area contributed by atoms with Crippen LogP contribution in [0.2, 0.25) is 0 Å². The molecule has 2 heteroatoms. The minimum absolute atomic E-state index is 0.913. The van der Waals surface area contributed by atoms with Crippen LogP contribution in [0.15, 0.2) is 180 Å². The van der Waals surface area contributed by atoms with Crippen molar-refractivity contribution in [3.63, 3.8) is 0 Å². The Bertz CT molecular complexity index is 2530. The largest absolute Gasteiger partial charge is 0.455 e. The quantitative estimate of drug-likeness (QED) is 0.186. The molecule has 0 bridgehead atoms. The lowest BCUT2D eigenvalue weighted by Gasteiger charge is -2.26. The molecular formula is C44H29NO. The molecule has 0 spiro atoms. The molecule has 0 aliphatic rings. The fourth-order valence-corrected chi connectivity index (χ4v) is 6.80. The van der Waals surface area contributed by atoms with Crippen LogP contribution in [0.1, 0.15) is 0 Å². The average Bonchev–Trinajstić information content (AvgIpc) is 3.51. The molecule has 0 saturated carbocycles. The first-order valence-corrected chi connectivity index (χ1v) is 15.7. The van der Waals surface area contributed by atoms with Crippen molar-refractivity contribution in [3.8, 4) is 22.3 Å². The predicted octanol–water partition coefficient (Wildman–Crippen LogP) is 12.7. The van der Waals surface area contributed by atoms with E-state index in [0.717, 1.165) is 50.1 Å². The van der Waals surface area contributed by atoms with Gasteiger partial charge in [0.15, 0.2) is 0 Å². The number of furan rings is 1. The van der Waals surface area contributed by atoms with E-state index in [-0.39, 0.29) is 0 Å². The molecule has 0 radical (unpaired) electrons. The Kier molecular flexibility index (Phi) is 6.17. The van der Waals surface area contributed by atoms with E-state index in [1.165, 1.54) is 32.7 Å². The molecular weight excluding hydrogens is 558 g/mol. The summed E-state index contributed by atoms with van der Waals surface area (Å²) in [5.74, 6) is 0. The number of anilines is 3. The standard InChI is InChI=1S/C44H29NO/c1-2-12-35(13-3-1)45(36-26-24-31(25-27-36)39-17-9-18-41-40-16-6-7-19-43(40)46-44(39)41)37-14-8-11-33(28-37)34-23-22-32-21-20-30-10-4-5-15-38(30)42(32)29-34/h1-29H. The highest BCUT2D eigenvalue weighted by molar-refractivity contribution is 6.10. The number of fused-ring (bicyclic) bond motifs is 6. The van der Waals surface area contributed by atoms with Gasteiger partial charge in [-0.05, 0) is 86.8 Å². The van der Waals surface area contributed by atoms with Crippen molar-refractivity contribution in [1.82, 2.24) is 0 Å². The van der Waals surface area contributed by atoms with Gasteiger partial charge in [-0.3, -0.25) is 0 Å². The van der Waals surface area contributed by atoms with Gasteiger partial charge in [-0.25, -0.2) is 0 Å². The second-order valence-corrected chi connectivity index (χ2v) is 11.8. The predicted molar refractivity (Wildman–Crippen MR) is 194 cm³/mol. The molecule has 0 amide bonds. The molecule has 0 fully saturated rings. The molecule has 0 atom stereocenters. The van der Waals surface area contributed by atoms with Crippen LogP contribution in [0, 0.1) is 0 Å². The number of nitrogens with zero attached hydrogens (tertiary/aromatic N) is 1. The van der Waals surface area contributed by atoms with Gasteiger partial charge in [0.2, 0.25) is 0 Å². The van der Waals surface area contributed by atoms with Gasteiger partial charge in [0.1, 0.15) is 11.2 Å². The molecule has 0 saturated heterocycles. The van der Waals surface area contributed by atoms with Crippen LogP contribution in [0.25, 0.3) is 65.7 Å². The van der Waals surface area contributed by atoms with Crippen LogP contribution < -0.4 is 4.90 Å². The molecule has 1 heterocycles. The topological polar surface area (TPSA) is 16.4 Å². The molecule has 0 N–H and O–H groups in total. The van der Waals surface area contributed by atoms with Crippen molar-refractivity contribution in [2.24, 2.45) is 0 Å². The van der Waals surface area contributed by atoms with Gasteiger partial charge in [0.05, 0.1) is 0 Å². The number of para-hydroxylation sites is 3. The summed E-state index contributed by atoms with van der Waals surface area (Å²) in [7, 11) is 0. The van der Waals surface area contributed by atoms with Crippen molar-refractivity contribution in [3.05, 3.63) is 176 Å². The Hall–Kier alpha value is -6.12. The third kappa shape index (κ3) is 4.43. The van der Waals surface area contributed by atoms with Gasteiger partial charge < -0.3 is 9.32 Å². The molecule has 216 valence electrons. The highest BCUT2D eigenvalue weighted by atomic mass is 16.3. The summed E-state index contributed by atoms with van der Waals surface area (Å²) in [6.45, 7) is 0. The second-order valence-electron chi connectivity index (χ2n) is 11.8. The van der Waals surface area contributed by atoms with Gasteiger partial charge in [-0.1, -0.05) is 127 Å². The van der Waals surface area contributed by atoms with Crippen LogP contribution in [0.3, 0.4) is 0 Å². The van der Waals surface area contributed by atoms with E-state index < -0.39 is 0 Å². The number of benzene rings is 8. The van der Waals surface area contributed by atoms with E-state index in [9.17, 15) is 0 Å². The summed E-state index contributed by atoms with van der Waals surface area (Å²) in [6, 6.07) is 62.7. The Labute approximate surface area is 267 Å². The van der Waals surface area contributed by atoms with Gasteiger partial charge in [-0.15, -0.1) is 0 Å². The number of rotatable bonds is 5. The van der Waals surface area contributed by atoms with Gasteiger partial charge in [-0.2, -0.15) is 0 Å². The minimum Gasteiger partial charge on any atom is -0.455 e. The summed E-state index contributed by atoms with van der Waals surface area (Å²) in [4.78, 5) is 2.32. The number of hydrogen-bond donors (Lipinski definition) is 0. The van der Waals surface area contributed by atoms with E-state index >= 15 is 0 Å². The molecule has 0 unspecified atom stereocenters. The highest BCUT2D eigenvalue weighted by Crippen LogP contribution is 2.40. The first kappa shape index (κ1) is 26.3. The maximum atomic E-state index is 6.35. The van der Waals surface area contributed by atoms with Gasteiger partial charge >= 0.3 is 0 Å². The maximum absolute atomic E-state index is 6.35. The van der Waals surface area contributed by atoms with Crippen LogP contribution >= 0.6 is 0 Å². The summed E-state index contributed by atoms with van der Waals surface area (Å²) in [6.07, 6.45) is 0. The van der Waals surface area contributed by atoms with E-state index in [2.05, 4.69) is 169 Å². The van der Waals surface area contributed by atoms with Crippen LogP contribution in [0.5, 0.6) is 0 Å². The highest BCUT2D eigenvalue weighted by Gasteiger charge is 2.16. The zero-order chi connectivity index (χ0) is 30.5. The second kappa shape index (κ2) is 10.8. The number of hydrogen-bond acceptors (Lipinski definition) is 2. The van der Waals surface area contributed by atoms with E-state index in [1.54, 1.807) is 0 Å². The zero-order valence-corrected chi connectivity index (χ0v) is 25.1. The van der Waals surface area contributed by atoms with Crippen molar-refractivity contribution < 1.29 is 4.42 Å². The minimum atomic E-state index is 0.913. The molecule has 0 aliphatic heterocycles. The average molecular weight is 588 g/mol. The molecule has 1 aromatic heterocycles. The monoisotopic (exact) mass is 587 g/mol. The van der Waals surface area contributed by atoms with Crippen molar-refractivity contribution in [2.75, 3.05) is 4.90 Å². The lowest BCUT2D eigenvalue weighted by molar-refractivity contribution is 0.670. The fraction of sp³-hybridized carbons (Fsp3) is 0. The molecule has 9 rings (SSSR count). The Morgan fingerprint density at radius 3 is 1.83 bits per heavy atom. The van der Waals surface area contributed by atoms with Gasteiger partial charge in [0, 0.05) is 33.4 Å². The molecule has 0 aliphatic carbocycles. The van der Waals surface area contributed by atoms with Crippen LogP contribution in [0.4, 0.5) is 17.1 Å². The zero-order valence-electron chi connectivity index (χ0n) is 25.1. The molecule has 8 aromatic carbocycles. The Morgan fingerprint density at radius 1 is 0.348 bits per heavy atom. The summed E-state index contributed by atoms with van der Waals surface area (Å²) in [5.41, 5.74) is 9.74. The third-order valence-electron chi connectivity index (χ3n) is 9.04. The molecule has 46 heavy (non-hydrogen) atoms. The van der Waals surface area contributed by atoms with Crippen molar-refractivity contribution >= 4 is 60.5 Å². The summed E-state index contributed by atoms with van der Waals surface area (Å²) in [5, 5.41) is 7.35. The smallest absolute Gasteiger partial charge is 0.143 e. The van der Waals surface area contributed by atoms with Crippen LogP contribution in [-0.2, 0) is 0 Å². The Balaban J connectivity index is 1.13.